The average molecular weight is 242 g/mol. The zero-order valence-electron chi connectivity index (χ0n) is 5.10. The van der Waals surface area contributed by atoms with Crippen LogP contribution in [0.1, 0.15) is 13.3 Å². The van der Waals surface area contributed by atoms with Crippen molar-refractivity contribution >= 4 is 58.0 Å². The van der Waals surface area contributed by atoms with Crippen molar-refractivity contribution in [3.05, 3.63) is 0 Å². The molecule has 0 saturated heterocycles. The molecule has 0 unspecified atom stereocenters. The van der Waals surface area contributed by atoms with E-state index in [-0.39, 0.29) is 0 Å². The molecule has 0 aromatic heterocycles. The number of halogens is 5. The monoisotopic (exact) mass is 240 g/mol. The summed E-state index contributed by atoms with van der Waals surface area (Å²) in [5.74, 6) is 0. The summed E-state index contributed by atoms with van der Waals surface area (Å²) in [6, 6.07) is 0. The van der Waals surface area contributed by atoms with E-state index in [0.29, 0.717) is 6.42 Å². The van der Waals surface area contributed by atoms with Crippen molar-refractivity contribution in [2.24, 2.45) is 0 Å². The van der Waals surface area contributed by atoms with Crippen LogP contribution in [0.3, 0.4) is 0 Å². The van der Waals surface area contributed by atoms with Crippen LogP contribution in [0.25, 0.3) is 0 Å². The lowest BCUT2D eigenvalue weighted by molar-refractivity contribution is 0.820. The first-order valence-electron chi connectivity index (χ1n) is 2.76. The van der Waals surface area contributed by atoms with Gasteiger partial charge >= 0.3 is 0 Å². The Morgan fingerprint density at radius 2 is 1.20 bits per heavy atom. The molecule has 0 spiro atoms. The van der Waals surface area contributed by atoms with Crippen LogP contribution in [0.4, 0.5) is 0 Å². The second-order valence-electron chi connectivity index (χ2n) is 2.30. The Morgan fingerprint density at radius 3 is 1.20 bits per heavy atom. The molecule has 1 fully saturated rings. The van der Waals surface area contributed by atoms with Crippen LogP contribution >= 0.6 is 58.0 Å². The molecule has 0 aromatic rings. The zero-order chi connectivity index (χ0) is 8.21. The van der Waals surface area contributed by atoms with Gasteiger partial charge in [-0.15, -0.1) is 11.6 Å². The molecule has 0 aromatic carbocycles. The third kappa shape index (κ3) is 0.778. The molecule has 0 heterocycles. The van der Waals surface area contributed by atoms with Gasteiger partial charge in [0.15, 0.2) is 8.67 Å². The molecule has 1 saturated carbocycles. The van der Waals surface area contributed by atoms with E-state index in [9.17, 15) is 0 Å². The Bertz CT molecular complexity index is 147. The summed E-state index contributed by atoms with van der Waals surface area (Å²) in [7, 11) is 0. The number of alkyl halides is 5. The van der Waals surface area contributed by atoms with Gasteiger partial charge in [-0.2, -0.15) is 0 Å². The molecular weight excluding hydrogens is 237 g/mol. The topological polar surface area (TPSA) is 0 Å². The van der Waals surface area contributed by atoms with Gasteiger partial charge < -0.3 is 0 Å². The molecule has 0 atom stereocenters. The van der Waals surface area contributed by atoms with Crippen LogP contribution in [0, 0.1) is 0 Å². The van der Waals surface area contributed by atoms with Crippen LogP contribution < -0.4 is 0 Å². The van der Waals surface area contributed by atoms with Gasteiger partial charge in [-0.05, 0) is 6.42 Å². The van der Waals surface area contributed by atoms with Crippen molar-refractivity contribution in [1.29, 1.82) is 0 Å². The summed E-state index contributed by atoms with van der Waals surface area (Å²) in [6.07, 6.45) is 0.550. The summed E-state index contributed by atoms with van der Waals surface area (Å²) in [5, 5.41) is 0. The zero-order valence-corrected chi connectivity index (χ0v) is 8.88. The summed E-state index contributed by atoms with van der Waals surface area (Å²) in [6.45, 7) is 1.83. The minimum absolute atomic E-state index is 0.550. The first-order chi connectivity index (χ1) is 4.31. The summed E-state index contributed by atoms with van der Waals surface area (Å²) in [5.41, 5.74) is 0. The van der Waals surface area contributed by atoms with E-state index in [0.717, 1.165) is 0 Å². The lowest BCUT2D eigenvalue weighted by Crippen LogP contribution is -2.07. The fourth-order valence-corrected chi connectivity index (χ4v) is 3.06. The van der Waals surface area contributed by atoms with Crippen molar-refractivity contribution in [2.45, 2.75) is 26.9 Å². The Labute approximate surface area is 84.7 Å². The lowest BCUT2D eigenvalue weighted by atomic mass is 10.3. The minimum atomic E-state index is -1.21. The SMILES string of the molecule is CCC1(Cl)C(Cl)(Cl)C1(Cl)Cl. The van der Waals surface area contributed by atoms with Crippen molar-refractivity contribution in [2.75, 3.05) is 0 Å². The van der Waals surface area contributed by atoms with Gasteiger partial charge in [-0.1, -0.05) is 53.3 Å². The first kappa shape index (κ1) is 9.54. The van der Waals surface area contributed by atoms with Gasteiger partial charge in [0.05, 0.1) is 0 Å². The molecule has 10 heavy (non-hydrogen) atoms. The second kappa shape index (κ2) is 2.23. The first-order valence-corrected chi connectivity index (χ1v) is 4.65. The highest BCUT2D eigenvalue weighted by Gasteiger charge is 2.85. The molecule has 0 radical (unpaired) electrons. The van der Waals surface area contributed by atoms with E-state index in [4.69, 9.17) is 58.0 Å². The predicted molar refractivity (Wildman–Crippen MR) is 47.7 cm³/mol. The van der Waals surface area contributed by atoms with Gasteiger partial charge in [-0.3, -0.25) is 0 Å². The molecule has 0 amide bonds. The standard InChI is InChI=1S/C5H5Cl5/c1-2-3(6)4(7,8)5(3,9)10/h2H2,1H3. The third-order valence-electron chi connectivity index (χ3n) is 1.81. The smallest absolute Gasteiger partial charge is 0.112 e. The Balaban J connectivity index is 2.90. The molecule has 1 rings (SSSR count). The minimum Gasteiger partial charge on any atom is -0.112 e. The van der Waals surface area contributed by atoms with Gasteiger partial charge in [0.25, 0.3) is 0 Å². The number of rotatable bonds is 1. The van der Waals surface area contributed by atoms with E-state index in [1.165, 1.54) is 0 Å². The number of hydrogen-bond acceptors (Lipinski definition) is 0. The highest BCUT2D eigenvalue weighted by molar-refractivity contribution is 6.75. The largest absolute Gasteiger partial charge is 0.174 e. The van der Waals surface area contributed by atoms with Crippen LogP contribution in [0.5, 0.6) is 0 Å². The summed E-state index contributed by atoms with van der Waals surface area (Å²) in [4.78, 5) is -0.883. The van der Waals surface area contributed by atoms with Crippen molar-refractivity contribution < 1.29 is 0 Å². The maximum Gasteiger partial charge on any atom is 0.174 e. The molecule has 0 nitrogen and oxygen atoms in total. The fraction of sp³-hybridized carbons (Fsp3) is 1.00. The van der Waals surface area contributed by atoms with Gasteiger partial charge in [0.2, 0.25) is 0 Å². The predicted octanol–water partition coefficient (Wildman–Crippen LogP) is 3.74. The quantitative estimate of drug-likeness (QED) is 0.615. The highest BCUT2D eigenvalue weighted by Crippen LogP contribution is 2.76. The summed E-state index contributed by atoms with van der Waals surface area (Å²) < 4.78 is -2.42. The molecule has 0 bridgehead atoms. The van der Waals surface area contributed by atoms with Crippen molar-refractivity contribution in [1.82, 2.24) is 0 Å². The fourth-order valence-electron chi connectivity index (χ4n) is 0.883. The Hall–Kier alpha value is 1.45. The molecule has 1 aliphatic carbocycles. The molecule has 1 aliphatic rings. The van der Waals surface area contributed by atoms with E-state index in [1.807, 2.05) is 6.92 Å². The Kier molecular flexibility index (Phi) is 2.13. The maximum atomic E-state index is 5.88. The Morgan fingerprint density at radius 1 is 0.900 bits per heavy atom. The maximum absolute atomic E-state index is 5.88. The highest BCUT2D eigenvalue weighted by atomic mass is 35.5. The lowest BCUT2D eigenvalue weighted by Gasteiger charge is -2.02. The summed E-state index contributed by atoms with van der Waals surface area (Å²) >= 11 is 28.7. The van der Waals surface area contributed by atoms with Crippen LogP contribution in [0.15, 0.2) is 0 Å². The number of hydrogen-bond donors (Lipinski definition) is 0. The molecule has 5 heteroatoms. The van der Waals surface area contributed by atoms with E-state index < -0.39 is 13.5 Å². The van der Waals surface area contributed by atoms with Crippen LogP contribution in [0.2, 0.25) is 0 Å². The van der Waals surface area contributed by atoms with Crippen molar-refractivity contribution in [3.8, 4) is 0 Å². The van der Waals surface area contributed by atoms with Gasteiger partial charge in [-0.25, -0.2) is 0 Å². The average Bonchev–Trinajstić information content (AvgIpc) is 2.11. The molecular formula is C5H5Cl5. The van der Waals surface area contributed by atoms with Crippen LogP contribution in [-0.4, -0.2) is 13.5 Å². The second-order valence-corrected chi connectivity index (χ2v) is 5.60. The van der Waals surface area contributed by atoms with Crippen LogP contribution in [-0.2, 0) is 0 Å². The van der Waals surface area contributed by atoms with E-state index in [2.05, 4.69) is 0 Å². The third-order valence-corrected chi connectivity index (χ3v) is 5.85. The molecule has 60 valence electrons. The normalized spacial score (nSPS) is 31.8. The molecule has 0 aliphatic heterocycles. The molecule has 0 N–H and O–H groups in total. The van der Waals surface area contributed by atoms with Gasteiger partial charge in [0, 0.05) is 0 Å². The van der Waals surface area contributed by atoms with E-state index >= 15 is 0 Å². The van der Waals surface area contributed by atoms with Gasteiger partial charge in [0.1, 0.15) is 4.87 Å². The van der Waals surface area contributed by atoms with Crippen molar-refractivity contribution in [3.63, 3.8) is 0 Å². The van der Waals surface area contributed by atoms with E-state index in [1.54, 1.807) is 0 Å².